The lowest BCUT2D eigenvalue weighted by molar-refractivity contribution is -0.124. The van der Waals surface area contributed by atoms with E-state index in [0.717, 1.165) is 11.3 Å². The molecule has 35 heavy (non-hydrogen) atoms. The van der Waals surface area contributed by atoms with Crippen molar-refractivity contribution in [2.24, 2.45) is 0 Å². The Kier molecular flexibility index (Phi) is 7.32. The number of benzene rings is 3. The highest BCUT2D eigenvalue weighted by Crippen LogP contribution is 2.20. The molecule has 0 spiro atoms. The third kappa shape index (κ3) is 5.62. The van der Waals surface area contributed by atoms with Crippen molar-refractivity contribution in [3.05, 3.63) is 118 Å². The van der Waals surface area contributed by atoms with Gasteiger partial charge in [-0.3, -0.25) is 19.8 Å². The van der Waals surface area contributed by atoms with Crippen molar-refractivity contribution in [2.45, 2.75) is 19.4 Å². The third-order valence-electron chi connectivity index (χ3n) is 5.44. The lowest BCUT2D eigenvalue weighted by atomic mass is 10.0. The highest BCUT2D eigenvalue weighted by atomic mass is 16.2. The Labute approximate surface area is 202 Å². The number of hydrogen-bond acceptors (Lipinski definition) is 5. The Balaban J connectivity index is 1.65. The van der Waals surface area contributed by atoms with Crippen LogP contribution >= 0.6 is 0 Å². The quantitative estimate of drug-likeness (QED) is 0.296. The Bertz CT molecular complexity index is 1420. The second kappa shape index (κ2) is 10.9. The van der Waals surface area contributed by atoms with Gasteiger partial charge in [0, 0.05) is 16.6 Å². The molecule has 1 heterocycles. The molecule has 0 aliphatic heterocycles. The van der Waals surface area contributed by atoms with Crippen molar-refractivity contribution in [3.8, 4) is 0 Å². The number of fused-ring (bicyclic) bond motifs is 1. The molecule has 8 nitrogen and oxygen atoms in total. The first-order valence-corrected chi connectivity index (χ1v) is 11.2. The molecular formula is C27H25N5O3. The number of amides is 2. The van der Waals surface area contributed by atoms with E-state index in [4.69, 9.17) is 0 Å². The maximum absolute atomic E-state index is 13.4. The first kappa shape index (κ1) is 23.4. The Morgan fingerprint density at radius 2 is 1.51 bits per heavy atom. The first-order chi connectivity index (χ1) is 17.1. The van der Waals surface area contributed by atoms with E-state index in [1.807, 2.05) is 43.3 Å². The smallest absolute Gasteiger partial charge is 0.272 e. The zero-order valence-electron chi connectivity index (χ0n) is 19.1. The zero-order valence-corrected chi connectivity index (χ0v) is 19.1. The van der Waals surface area contributed by atoms with Crippen LogP contribution in [0.5, 0.6) is 0 Å². The molecule has 1 atom stereocenters. The van der Waals surface area contributed by atoms with Crippen molar-refractivity contribution in [3.63, 3.8) is 0 Å². The predicted octanol–water partition coefficient (Wildman–Crippen LogP) is 3.47. The largest absolute Gasteiger partial charge is 0.335 e. The second-order valence-electron chi connectivity index (χ2n) is 7.80. The molecule has 4 rings (SSSR count). The van der Waals surface area contributed by atoms with Gasteiger partial charge in [0.1, 0.15) is 5.69 Å². The van der Waals surface area contributed by atoms with Crippen LogP contribution in [-0.4, -0.2) is 22.0 Å². The summed E-state index contributed by atoms with van der Waals surface area (Å²) in [5.74, 6) is -0.982. The van der Waals surface area contributed by atoms with E-state index in [1.54, 1.807) is 54.6 Å². The van der Waals surface area contributed by atoms with Crippen LogP contribution in [0.2, 0.25) is 0 Å². The number of nitrogens with one attached hydrogen (secondary N) is 4. The molecule has 0 saturated carbocycles. The Morgan fingerprint density at radius 1 is 0.886 bits per heavy atom. The number of nitrogens with zero attached hydrogens (tertiary/aromatic N) is 1. The molecule has 8 heteroatoms. The predicted molar refractivity (Wildman–Crippen MR) is 135 cm³/mol. The van der Waals surface area contributed by atoms with Crippen molar-refractivity contribution < 1.29 is 9.59 Å². The van der Waals surface area contributed by atoms with Gasteiger partial charge in [-0.15, -0.1) is 0 Å². The fourth-order valence-corrected chi connectivity index (χ4v) is 3.61. The summed E-state index contributed by atoms with van der Waals surface area (Å²) < 4.78 is 0. The minimum atomic E-state index is -1.17. The van der Waals surface area contributed by atoms with Crippen molar-refractivity contribution in [2.75, 3.05) is 0 Å². The van der Waals surface area contributed by atoms with Gasteiger partial charge in [-0.1, -0.05) is 73.7 Å². The van der Waals surface area contributed by atoms with Gasteiger partial charge in [-0.2, -0.15) is 5.10 Å². The molecule has 0 aliphatic rings. The standard InChI is InChI=1S/C27H25N5O3/c1-2-20(17-18-11-5-3-6-12-18)29-32-27(35)24(28-25(33)19-13-7-4-8-14-19)23-21-15-9-10-16-22(21)26(34)31-30-23/h3-17,24,29H,2H2,1H3,(H,28,33)(H,31,34)(H,32,35)/b20-17-/t24-/m0/s1. The van der Waals surface area contributed by atoms with Gasteiger partial charge >= 0.3 is 0 Å². The van der Waals surface area contributed by atoms with Crippen LogP contribution in [0, 0.1) is 0 Å². The summed E-state index contributed by atoms with van der Waals surface area (Å²) in [6.45, 7) is 1.96. The summed E-state index contributed by atoms with van der Waals surface area (Å²) in [5.41, 5.74) is 7.64. The van der Waals surface area contributed by atoms with E-state index in [9.17, 15) is 14.4 Å². The molecule has 0 unspecified atom stereocenters. The van der Waals surface area contributed by atoms with Crippen molar-refractivity contribution >= 4 is 28.7 Å². The van der Waals surface area contributed by atoms with Gasteiger partial charge in [-0.05, 0) is 36.3 Å². The topological polar surface area (TPSA) is 116 Å². The number of hydrazine groups is 1. The number of carbonyl (C=O) groups is 2. The molecule has 0 bridgehead atoms. The second-order valence-corrected chi connectivity index (χ2v) is 7.80. The Morgan fingerprint density at radius 3 is 2.20 bits per heavy atom. The summed E-state index contributed by atoms with van der Waals surface area (Å²) in [4.78, 5) is 38.6. The van der Waals surface area contributed by atoms with Crippen LogP contribution in [0.4, 0.5) is 0 Å². The molecule has 176 valence electrons. The fraction of sp³-hybridized carbons (Fsp3) is 0.111. The van der Waals surface area contributed by atoms with Gasteiger partial charge in [0.05, 0.1) is 5.39 Å². The minimum Gasteiger partial charge on any atom is -0.335 e. The van der Waals surface area contributed by atoms with Gasteiger partial charge in [-0.25, -0.2) is 5.10 Å². The van der Waals surface area contributed by atoms with Crippen LogP contribution in [-0.2, 0) is 4.79 Å². The lowest BCUT2D eigenvalue weighted by Gasteiger charge is -2.20. The average molecular weight is 468 g/mol. The molecule has 0 fully saturated rings. The average Bonchev–Trinajstić information content (AvgIpc) is 2.91. The maximum Gasteiger partial charge on any atom is 0.272 e. The molecule has 4 N–H and O–H groups in total. The number of aromatic nitrogens is 2. The number of hydrogen-bond donors (Lipinski definition) is 4. The highest BCUT2D eigenvalue weighted by molar-refractivity contribution is 5.99. The highest BCUT2D eigenvalue weighted by Gasteiger charge is 2.27. The molecular weight excluding hydrogens is 442 g/mol. The lowest BCUT2D eigenvalue weighted by Crippen LogP contribution is -2.46. The number of aromatic amines is 1. The van der Waals surface area contributed by atoms with Crippen molar-refractivity contribution in [1.29, 1.82) is 0 Å². The van der Waals surface area contributed by atoms with Gasteiger partial charge in [0.25, 0.3) is 17.4 Å². The minimum absolute atomic E-state index is 0.230. The van der Waals surface area contributed by atoms with Gasteiger partial charge < -0.3 is 10.7 Å². The summed E-state index contributed by atoms with van der Waals surface area (Å²) in [7, 11) is 0. The van der Waals surface area contributed by atoms with E-state index < -0.39 is 17.9 Å². The van der Waals surface area contributed by atoms with E-state index >= 15 is 0 Å². The molecule has 2 amide bonds. The normalized spacial score (nSPS) is 12.1. The van der Waals surface area contributed by atoms with Crippen LogP contribution in [0.1, 0.15) is 41.0 Å². The monoisotopic (exact) mass is 467 g/mol. The molecule has 0 saturated heterocycles. The summed E-state index contributed by atoms with van der Waals surface area (Å²) in [6, 6.07) is 23.9. The number of rotatable bonds is 8. The third-order valence-corrected chi connectivity index (χ3v) is 5.44. The number of allylic oxidation sites excluding steroid dienone is 1. The Hall–Kier alpha value is -4.72. The van der Waals surface area contributed by atoms with Crippen LogP contribution < -0.4 is 21.7 Å². The van der Waals surface area contributed by atoms with E-state index in [1.165, 1.54) is 0 Å². The van der Waals surface area contributed by atoms with E-state index in [2.05, 4.69) is 26.4 Å². The molecule has 3 aromatic carbocycles. The van der Waals surface area contributed by atoms with E-state index in [0.29, 0.717) is 22.8 Å². The maximum atomic E-state index is 13.4. The molecule has 4 aromatic rings. The number of H-pyrrole nitrogens is 1. The SMILES string of the molecule is CC/C(=C/c1ccccc1)NNC(=O)[C@@H](NC(=O)c1ccccc1)c1n[nH]c(=O)c2ccccc12. The van der Waals surface area contributed by atoms with E-state index in [-0.39, 0.29) is 11.3 Å². The molecule has 1 aromatic heterocycles. The molecule has 0 radical (unpaired) electrons. The number of carbonyl (C=O) groups excluding carboxylic acids is 2. The van der Waals surface area contributed by atoms with Crippen LogP contribution in [0.3, 0.4) is 0 Å². The summed E-state index contributed by atoms with van der Waals surface area (Å²) >= 11 is 0. The van der Waals surface area contributed by atoms with Gasteiger partial charge in [0.2, 0.25) is 0 Å². The fourth-order valence-electron chi connectivity index (χ4n) is 3.61. The first-order valence-electron chi connectivity index (χ1n) is 11.2. The zero-order chi connectivity index (χ0) is 24.6. The van der Waals surface area contributed by atoms with Crippen LogP contribution in [0.25, 0.3) is 16.8 Å². The van der Waals surface area contributed by atoms with Gasteiger partial charge in [0.15, 0.2) is 6.04 Å². The summed E-state index contributed by atoms with van der Waals surface area (Å²) in [5, 5.41) is 10.2. The van der Waals surface area contributed by atoms with Crippen molar-refractivity contribution in [1.82, 2.24) is 26.4 Å². The summed E-state index contributed by atoms with van der Waals surface area (Å²) in [6.07, 6.45) is 2.56. The molecule has 0 aliphatic carbocycles. The van der Waals surface area contributed by atoms with Crippen LogP contribution in [0.15, 0.2) is 95.4 Å².